The summed E-state index contributed by atoms with van der Waals surface area (Å²) >= 11 is 6.18. The van der Waals surface area contributed by atoms with Crippen LogP contribution in [0.25, 0.3) is 6.08 Å². The van der Waals surface area contributed by atoms with Crippen LogP contribution in [-0.4, -0.2) is 63.4 Å². The highest BCUT2D eigenvalue weighted by molar-refractivity contribution is 6.32. The van der Waals surface area contributed by atoms with Crippen LogP contribution < -0.4 is 9.47 Å². The molecule has 7 nitrogen and oxygen atoms in total. The van der Waals surface area contributed by atoms with Crippen molar-refractivity contribution in [2.45, 2.75) is 6.92 Å². The minimum absolute atomic E-state index is 0.235. The summed E-state index contributed by atoms with van der Waals surface area (Å²) in [6.07, 6.45) is 2.77. The van der Waals surface area contributed by atoms with Gasteiger partial charge >= 0.3 is 5.97 Å². The highest BCUT2D eigenvalue weighted by atomic mass is 35.5. The molecule has 0 atom stereocenters. The Morgan fingerprint density at radius 1 is 1.31 bits per heavy atom. The van der Waals surface area contributed by atoms with E-state index in [-0.39, 0.29) is 12.5 Å². The molecule has 1 heterocycles. The molecule has 0 bridgehead atoms. The van der Waals surface area contributed by atoms with Gasteiger partial charge in [0.05, 0.1) is 32.0 Å². The van der Waals surface area contributed by atoms with Crippen LogP contribution in [0.5, 0.6) is 11.5 Å². The average molecular weight is 384 g/mol. The van der Waals surface area contributed by atoms with Crippen molar-refractivity contribution in [3.8, 4) is 11.5 Å². The second kappa shape index (κ2) is 10.0. The molecule has 0 unspecified atom stereocenters. The van der Waals surface area contributed by atoms with Crippen molar-refractivity contribution in [2.24, 2.45) is 0 Å². The third kappa shape index (κ3) is 5.64. The summed E-state index contributed by atoms with van der Waals surface area (Å²) in [4.78, 5) is 25.4. The van der Waals surface area contributed by atoms with Gasteiger partial charge in [-0.1, -0.05) is 11.6 Å². The Morgan fingerprint density at radius 3 is 2.69 bits per heavy atom. The Labute approximate surface area is 157 Å². The van der Waals surface area contributed by atoms with Crippen LogP contribution in [-0.2, 0) is 19.1 Å². The molecule has 0 saturated carbocycles. The maximum atomic E-state index is 11.9. The number of nitrogens with zero attached hydrogens (tertiary/aromatic N) is 1. The van der Waals surface area contributed by atoms with Crippen LogP contribution in [0.4, 0.5) is 0 Å². The van der Waals surface area contributed by atoms with Gasteiger partial charge in [0.2, 0.25) is 0 Å². The van der Waals surface area contributed by atoms with Gasteiger partial charge in [0.25, 0.3) is 5.91 Å². The molecule has 1 aromatic rings. The molecule has 0 N–H and O–H groups in total. The summed E-state index contributed by atoms with van der Waals surface area (Å²) in [6, 6.07) is 3.34. The first-order chi connectivity index (χ1) is 12.5. The second-order valence-corrected chi connectivity index (χ2v) is 5.81. The van der Waals surface area contributed by atoms with E-state index in [1.165, 1.54) is 19.3 Å². The van der Waals surface area contributed by atoms with Crippen LogP contribution in [0.15, 0.2) is 18.2 Å². The van der Waals surface area contributed by atoms with Crippen molar-refractivity contribution in [1.29, 1.82) is 0 Å². The van der Waals surface area contributed by atoms with Gasteiger partial charge in [-0.3, -0.25) is 4.79 Å². The summed E-state index contributed by atoms with van der Waals surface area (Å²) < 4.78 is 20.8. The summed E-state index contributed by atoms with van der Waals surface area (Å²) in [5.41, 5.74) is 0.645. The number of rotatable bonds is 7. The van der Waals surface area contributed by atoms with Crippen LogP contribution in [0.2, 0.25) is 5.02 Å². The van der Waals surface area contributed by atoms with Crippen molar-refractivity contribution >= 4 is 29.6 Å². The van der Waals surface area contributed by atoms with Crippen molar-refractivity contribution < 1.29 is 28.5 Å². The number of carbonyl (C=O) groups excluding carboxylic acids is 2. The fourth-order valence-electron chi connectivity index (χ4n) is 2.37. The lowest BCUT2D eigenvalue weighted by Crippen LogP contribution is -2.42. The third-order valence-corrected chi connectivity index (χ3v) is 3.93. The molecule has 1 aliphatic rings. The lowest BCUT2D eigenvalue weighted by molar-refractivity contribution is -0.150. The van der Waals surface area contributed by atoms with Crippen LogP contribution >= 0.6 is 11.6 Å². The number of amides is 1. The van der Waals surface area contributed by atoms with Gasteiger partial charge in [0.15, 0.2) is 18.1 Å². The van der Waals surface area contributed by atoms with E-state index in [1.54, 1.807) is 17.0 Å². The molecular formula is C18H22ClNO6. The highest BCUT2D eigenvalue weighted by Gasteiger charge is 2.17. The highest BCUT2D eigenvalue weighted by Crippen LogP contribution is 2.36. The van der Waals surface area contributed by atoms with Crippen molar-refractivity contribution in [1.82, 2.24) is 4.90 Å². The van der Waals surface area contributed by atoms with E-state index in [9.17, 15) is 9.59 Å². The molecule has 1 saturated heterocycles. The SMILES string of the molecule is CCOc1c(Cl)cc(/C=C/C(=O)OCC(=O)N2CCOCC2)cc1OC. The van der Waals surface area contributed by atoms with Gasteiger partial charge in [-0.25, -0.2) is 4.79 Å². The first-order valence-corrected chi connectivity index (χ1v) is 8.63. The van der Waals surface area contributed by atoms with Crippen molar-refractivity contribution in [3.05, 3.63) is 28.8 Å². The van der Waals surface area contributed by atoms with E-state index >= 15 is 0 Å². The summed E-state index contributed by atoms with van der Waals surface area (Å²) in [7, 11) is 1.51. The van der Waals surface area contributed by atoms with Gasteiger partial charge in [0.1, 0.15) is 0 Å². The minimum atomic E-state index is -0.615. The Balaban J connectivity index is 1.92. The first-order valence-electron chi connectivity index (χ1n) is 8.25. The predicted molar refractivity (Wildman–Crippen MR) is 96.6 cm³/mol. The monoisotopic (exact) mass is 383 g/mol. The number of methoxy groups -OCH3 is 1. The van der Waals surface area contributed by atoms with E-state index in [2.05, 4.69) is 0 Å². The number of hydrogen-bond acceptors (Lipinski definition) is 6. The van der Waals surface area contributed by atoms with Crippen molar-refractivity contribution in [2.75, 3.05) is 46.6 Å². The standard InChI is InChI=1S/C18H22ClNO6/c1-3-25-18-14(19)10-13(11-15(18)23-2)4-5-17(22)26-12-16(21)20-6-8-24-9-7-20/h4-5,10-11H,3,6-9,12H2,1-2H3/b5-4+. The number of esters is 1. The molecule has 1 fully saturated rings. The number of halogens is 1. The zero-order valence-electron chi connectivity index (χ0n) is 14.8. The number of morpholine rings is 1. The average Bonchev–Trinajstić information content (AvgIpc) is 2.66. The van der Waals surface area contributed by atoms with Gasteiger partial charge < -0.3 is 23.8 Å². The fourth-order valence-corrected chi connectivity index (χ4v) is 2.64. The molecule has 2 rings (SSSR count). The molecule has 0 aromatic heterocycles. The lowest BCUT2D eigenvalue weighted by atomic mass is 10.2. The zero-order chi connectivity index (χ0) is 18.9. The summed E-state index contributed by atoms with van der Waals surface area (Å²) in [5.74, 6) is 0.0683. The largest absolute Gasteiger partial charge is 0.493 e. The van der Waals surface area contributed by atoms with Gasteiger partial charge in [-0.2, -0.15) is 0 Å². The molecule has 1 amide bonds. The molecule has 0 spiro atoms. The summed E-state index contributed by atoms with van der Waals surface area (Å²) in [5, 5.41) is 0.377. The van der Waals surface area contributed by atoms with Gasteiger partial charge in [-0.05, 0) is 30.7 Å². The fraction of sp³-hybridized carbons (Fsp3) is 0.444. The topological polar surface area (TPSA) is 74.3 Å². The number of carbonyl (C=O) groups is 2. The molecule has 8 heteroatoms. The Kier molecular flexibility index (Phi) is 7.74. The van der Waals surface area contributed by atoms with E-state index in [4.69, 9.17) is 30.5 Å². The number of hydrogen-bond donors (Lipinski definition) is 0. The molecule has 26 heavy (non-hydrogen) atoms. The van der Waals surface area contributed by atoms with E-state index in [0.29, 0.717) is 55.0 Å². The van der Waals surface area contributed by atoms with Crippen LogP contribution in [0.1, 0.15) is 12.5 Å². The van der Waals surface area contributed by atoms with Gasteiger partial charge in [-0.15, -0.1) is 0 Å². The first kappa shape index (κ1) is 20.1. The summed E-state index contributed by atoms with van der Waals surface area (Å²) in [6.45, 7) is 4.02. The minimum Gasteiger partial charge on any atom is -0.493 e. The maximum absolute atomic E-state index is 11.9. The van der Waals surface area contributed by atoms with E-state index in [0.717, 1.165) is 0 Å². The quantitative estimate of drug-likeness (QED) is 0.530. The lowest BCUT2D eigenvalue weighted by Gasteiger charge is -2.26. The second-order valence-electron chi connectivity index (χ2n) is 5.40. The van der Waals surface area contributed by atoms with Gasteiger partial charge in [0, 0.05) is 19.2 Å². The molecule has 0 radical (unpaired) electrons. The molecule has 1 aromatic carbocycles. The van der Waals surface area contributed by atoms with E-state index in [1.807, 2.05) is 6.92 Å². The molecule has 0 aliphatic carbocycles. The number of benzene rings is 1. The Hall–Kier alpha value is -2.25. The maximum Gasteiger partial charge on any atom is 0.331 e. The predicted octanol–water partition coefficient (Wildman–Crippen LogP) is 2.16. The van der Waals surface area contributed by atoms with Crippen molar-refractivity contribution in [3.63, 3.8) is 0 Å². The molecule has 142 valence electrons. The molecule has 1 aliphatic heterocycles. The molecular weight excluding hydrogens is 362 g/mol. The third-order valence-electron chi connectivity index (χ3n) is 3.65. The zero-order valence-corrected chi connectivity index (χ0v) is 15.6. The van der Waals surface area contributed by atoms with E-state index < -0.39 is 5.97 Å². The smallest absolute Gasteiger partial charge is 0.331 e. The Bertz CT molecular complexity index is 670. The Morgan fingerprint density at radius 2 is 2.04 bits per heavy atom. The normalized spacial score (nSPS) is 14.3. The van der Waals surface area contributed by atoms with Crippen LogP contribution in [0, 0.1) is 0 Å². The van der Waals surface area contributed by atoms with Crippen LogP contribution in [0.3, 0.4) is 0 Å². The number of ether oxygens (including phenoxy) is 4.